The predicted molar refractivity (Wildman–Crippen MR) is 56.1 cm³/mol. The van der Waals surface area contributed by atoms with Gasteiger partial charge in [-0.05, 0) is 24.3 Å². The molecule has 7 nitrogen and oxygen atoms in total. The third kappa shape index (κ3) is 4.14. The zero-order chi connectivity index (χ0) is 13.8. The van der Waals surface area contributed by atoms with E-state index >= 15 is 0 Å². The van der Waals surface area contributed by atoms with Gasteiger partial charge in [0.2, 0.25) is 0 Å². The first kappa shape index (κ1) is 14.1. The Balaban J connectivity index is 2.81. The van der Waals surface area contributed by atoms with E-state index in [2.05, 4.69) is 10.5 Å². The van der Waals surface area contributed by atoms with Crippen molar-refractivity contribution >= 4 is 16.1 Å². The van der Waals surface area contributed by atoms with E-state index in [1.807, 2.05) is 0 Å². The van der Waals surface area contributed by atoms with Gasteiger partial charge in [-0.1, -0.05) is 0 Å². The van der Waals surface area contributed by atoms with E-state index in [4.69, 9.17) is 0 Å². The average Bonchev–Trinajstić information content (AvgIpc) is 2.26. The van der Waals surface area contributed by atoms with Crippen molar-refractivity contribution in [2.75, 3.05) is 0 Å². The van der Waals surface area contributed by atoms with Crippen molar-refractivity contribution in [3.8, 4) is 5.75 Å². The number of carbonyl (C=O) groups excluding carboxylic acids is 1. The number of primary amides is 1. The molecule has 4 N–H and O–H groups in total. The largest absolute Gasteiger partial charge is 0.435 e. The molecular formula is C8H9F2N3O4S. The van der Waals surface area contributed by atoms with Crippen molar-refractivity contribution in [3.05, 3.63) is 24.3 Å². The standard InChI is InChI=1S/C8H9F2N3O4S/c9-7(10)17-5-1-3-6(4-2-5)18(15,16)13-12-8(11)14/h1-4,7,13H,(H3,11,12,14). The summed E-state index contributed by atoms with van der Waals surface area (Å²) in [6.45, 7) is -3.00. The Labute approximate surface area is 101 Å². The monoisotopic (exact) mass is 281 g/mol. The van der Waals surface area contributed by atoms with Crippen molar-refractivity contribution in [3.63, 3.8) is 0 Å². The van der Waals surface area contributed by atoms with E-state index in [0.717, 1.165) is 24.3 Å². The highest BCUT2D eigenvalue weighted by Crippen LogP contribution is 2.17. The van der Waals surface area contributed by atoms with E-state index in [9.17, 15) is 22.0 Å². The maximum atomic E-state index is 11.9. The second-order valence-corrected chi connectivity index (χ2v) is 4.63. The molecule has 0 atom stereocenters. The zero-order valence-corrected chi connectivity index (χ0v) is 9.58. The van der Waals surface area contributed by atoms with Crippen LogP contribution in [0.1, 0.15) is 0 Å². The molecule has 10 heteroatoms. The Morgan fingerprint density at radius 1 is 1.28 bits per heavy atom. The Bertz CT molecular complexity index is 518. The van der Waals surface area contributed by atoms with Gasteiger partial charge in [0.1, 0.15) is 5.75 Å². The number of sulfonamides is 1. The Hall–Kier alpha value is -1.94. The summed E-state index contributed by atoms with van der Waals surface area (Å²) in [7, 11) is -4.01. The fraction of sp³-hybridized carbons (Fsp3) is 0.125. The van der Waals surface area contributed by atoms with Crippen molar-refractivity contribution in [2.24, 2.45) is 5.73 Å². The summed E-state index contributed by atoms with van der Waals surface area (Å²) in [5.74, 6) is -0.188. The summed E-state index contributed by atoms with van der Waals surface area (Å²) in [5.41, 5.74) is 6.36. The van der Waals surface area contributed by atoms with Crippen molar-refractivity contribution < 1.29 is 26.7 Å². The molecule has 0 aromatic heterocycles. The molecule has 0 aliphatic rings. The van der Waals surface area contributed by atoms with E-state index in [1.54, 1.807) is 10.3 Å². The van der Waals surface area contributed by atoms with Gasteiger partial charge in [0.15, 0.2) is 0 Å². The van der Waals surface area contributed by atoms with E-state index in [0.29, 0.717) is 0 Å². The van der Waals surface area contributed by atoms with Gasteiger partial charge in [-0.3, -0.25) is 5.43 Å². The number of nitrogens with two attached hydrogens (primary N) is 1. The van der Waals surface area contributed by atoms with Gasteiger partial charge in [0.25, 0.3) is 10.0 Å². The van der Waals surface area contributed by atoms with Crippen LogP contribution in [0.3, 0.4) is 0 Å². The molecule has 0 spiro atoms. The van der Waals surface area contributed by atoms with Gasteiger partial charge in [0.05, 0.1) is 4.90 Å². The third-order valence-corrected chi connectivity index (χ3v) is 2.93. The Kier molecular flexibility index (Phi) is 4.39. The maximum Gasteiger partial charge on any atom is 0.387 e. The van der Waals surface area contributed by atoms with Crippen LogP contribution >= 0.6 is 0 Å². The molecule has 2 amide bonds. The van der Waals surface area contributed by atoms with Crippen LogP contribution in [0.15, 0.2) is 29.2 Å². The number of nitrogens with one attached hydrogen (secondary N) is 2. The maximum absolute atomic E-state index is 11.9. The van der Waals surface area contributed by atoms with E-state index < -0.39 is 22.7 Å². The lowest BCUT2D eigenvalue weighted by molar-refractivity contribution is -0.0498. The van der Waals surface area contributed by atoms with Crippen molar-refractivity contribution in [1.29, 1.82) is 0 Å². The number of urea groups is 1. The highest BCUT2D eigenvalue weighted by atomic mass is 32.2. The van der Waals surface area contributed by atoms with Gasteiger partial charge in [-0.2, -0.15) is 8.78 Å². The number of hydrogen-bond donors (Lipinski definition) is 3. The molecule has 0 heterocycles. The molecule has 18 heavy (non-hydrogen) atoms. The lowest BCUT2D eigenvalue weighted by Crippen LogP contribution is -2.44. The highest BCUT2D eigenvalue weighted by Gasteiger charge is 2.14. The minimum atomic E-state index is -4.01. The summed E-state index contributed by atoms with van der Waals surface area (Å²) in [6, 6.07) is 3.07. The summed E-state index contributed by atoms with van der Waals surface area (Å²) >= 11 is 0. The molecule has 0 bridgehead atoms. The molecule has 1 aromatic carbocycles. The van der Waals surface area contributed by atoms with E-state index in [-0.39, 0.29) is 10.6 Å². The average molecular weight is 281 g/mol. The summed E-state index contributed by atoms with van der Waals surface area (Å²) < 4.78 is 50.7. The highest BCUT2D eigenvalue weighted by molar-refractivity contribution is 7.89. The van der Waals surface area contributed by atoms with Gasteiger partial charge in [0, 0.05) is 0 Å². The van der Waals surface area contributed by atoms with E-state index in [1.165, 1.54) is 0 Å². The minimum Gasteiger partial charge on any atom is -0.435 e. The van der Waals surface area contributed by atoms with Crippen molar-refractivity contribution in [1.82, 2.24) is 10.3 Å². The Morgan fingerprint density at radius 2 is 1.83 bits per heavy atom. The smallest absolute Gasteiger partial charge is 0.387 e. The first-order valence-electron chi connectivity index (χ1n) is 4.43. The van der Waals surface area contributed by atoms with Crippen LogP contribution in [0, 0.1) is 0 Å². The quantitative estimate of drug-likeness (QED) is 0.667. The second-order valence-electron chi connectivity index (χ2n) is 2.94. The van der Waals surface area contributed by atoms with Crippen LogP contribution in [-0.2, 0) is 10.0 Å². The number of alkyl halides is 2. The zero-order valence-electron chi connectivity index (χ0n) is 8.76. The van der Waals surface area contributed by atoms with Crippen LogP contribution in [0.2, 0.25) is 0 Å². The summed E-state index contributed by atoms with van der Waals surface area (Å²) in [5, 5.41) is 0. The van der Waals surface area contributed by atoms with Crippen molar-refractivity contribution in [2.45, 2.75) is 11.5 Å². The number of halogens is 2. The van der Waals surface area contributed by atoms with Gasteiger partial charge >= 0.3 is 12.6 Å². The topological polar surface area (TPSA) is 111 Å². The molecule has 1 aromatic rings. The van der Waals surface area contributed by atoms with Gasteiger partial charge in [-0.25, -0.2) is 13.2 Å². The van der Waals surface area contributed by atoms with Crippen LogP contribution in [0.4, 0.5) is 13.6 Å². The number of hydrazine groups is 1. The summed E-state index contributed by atoms with van der Waals surface area (Å²) in [4.78, 5) is 11.8. The van der Waals surface area contributed by atoms with Gasteiger partial charge in [-0.15, -0.1) is 4.83 Å². The fourth-order valence-corrected chi connectivity index (χ4v) is 1.82. The van der Waals surface area contributed by atoms with Crippen LogP contribution in [0.5, 0.6) is 5.75 Å². The molecule has 0 saturated carbocycles. The molecule has 0 unspecified atom stereocenters. The number of rotatable bonds is 5. The molecule has 0 aliphatic carbocycles. The molecule has 0 radical (unpaired) electrons. The molecule has 0 aliphatic heterocycles. The first-order chi connectivity index (χ1) is 8.31. The molecule has 100 valence electrons. The SMILES string of the molecule is NC(=O)NNS(=O)(=O)c1ccc(OC(F)F)cc1. The van der Waals surface area contributed by atoms with Crippen LogP contribution in [0.25, 0.3) is 0 Å². The fourth-order valence-electron chi connectivity index (χ4n) is 0.977. The Morgan fingerprint density at radius 3 is 2.28 bits per heavy atom. The minimum absolute atomic E-state index is 0.188. The van der Waals surface area contributed by atoms with Crippen LogP contribution < -0.4 is 20.7 Å². The van der Waals surface area contributed by atoms with Gasteiger partial charge < -0.3 is 10.5 Å². The van der Waals surface area contributed by atoms with Crippen LogP contribution in [-0.4, -0.2) is 21.1 Å². The number of carbonyl (C=O) groups is 1. The number of benzene rings is 1. The number of ether oxygens (including phenoxy) is 1. The first-order valence-corrected chi connectivity index (χ1v) is 5.92. The predicted octanol–water partition coefficient (Wildman–Crippen LogP) is 0.150. The molecule has 1 rings (SSSR count). The summed E-state index contributed by atoms with van der Waals surface area (Å²) in [6.07, 6.45) is 0. The molecule has 0 fully saturated rings. The molecular weight excluding hydrogens is 272 g/mol. The number of hydrogen-bond acceptors (Lipinski definition) is 4. The number of amides is 2. The third-order valence-electron chi connectivity index (χ3n) is 1.67. The lowest BCUT2D eigenvalue weighted by Gasteiger charge is -2.08. The normalized spacial score (nSPS) is 11.3. The molecule has 0 saturated heterocycles. The second kappa shape index (κ2) is 5.60. The lowest BCUT2D eigenvalue weighted by atomic mass is 10.3.